The average Bonchev–Trinajstić information content (AvgIpc) is 2.51. The predicted molar refractivity (Wildman–Crippen MR) is 90.6 cm³/mol. The van der Waals surface area contributed by atoms with E-state index >= 15 is 0 Å². The van der Waals surface area contributed by atoms with Crippen LogP contribution in [-0.4, -0.2) is 0 Å². The molecule has 22 heavy (non-hydrogen) atoms. The molecule has 1 aromatic carbocycles. The first kappa shape index (κ1) is 18.7. The van der Waals surface area contributed by atoms with Crippen molar-refractivity contribution in [2.45, 2.75) is 78.1 Å². The summed E-state index contributed by atoms with van der Waals surface area (Å²) >= 11 is 0. The SMILES string of the molecule is Cc1[c-]cc(C2CCC(C3CCC(C)CC3)CC2)cc1C.[Y+3]. The van der Waals surface area contributed by atoms with Crippen LogP contribution in [0.25, 0.3) is 0 Å². The Bertz CT molecular complexity index is 463. The van der Waals surface area contributed by atoms with Gasteiger partial charge in [-0.05, 0) is 30.6 Å². The fourth-order valence-electron chi connectivity index (χ4n) is 4.62. The Labute approximate surface area is 162 Å². The molecule has 0 radical (unpaired) electrons. The molecule has 2 fully saturated rings. The first-order chi connectivity index (χ1) is 10.1. The van der Waals surface area contributed by atoms with Crippen molar-refractivity contribution in [1.29, 1.82) is 0 Å². The Morgan fingerprint density at radius 2 is 1.41 bits per heavy atom. The number of rotatable bonds is 2. The Hall–Kier alpha value is 0.324. The van der Waals surface area contributed by atoms with Crippen LogP contribution in [-0.2, 0) is 32.7 Å². The molecule has 0 amide bonds. The summed E-state index contributed by atoms with van der Waals surface area (Å²) in [6.45, 7) is 6.83. The van der Waals surface area contributed by atoms with Gasteiger partial charge in [-0.3, -0.25) is 0 Å². The zero-order valence-corrected chi connectivity index (χ0v) is 17.5. The van der Waals surface area contributed by atoms with Gasteiger partial charge in [0.25, 0.3) is 0 Å². The molecule has 1 heteroatoms. The van der Waals surface area contributed by atoms with E-state index in [-0.39, 0.29) is 32.7 Å². The van der Waals surface area contributed by atoms with Crippen molar-refractivity contribution in [3.05, 3.63) is 34.9 Å². The monoisotopic (exact) mass is 372 g/mol. The van der Waals surface area contributed by atoms with E-state index in [2.05, 4.69) is 39.0 Å². The Kier molecular flexibility index (Phi) is 7.15. The summed E-state index contributed by atoms with van der Waals surface area (Å²) in [6.07, 6.45) is 11.7. The molecular weight excluding hydrogens is 341 g/mol. The summed E-state index contributed by atoms with van der Waals surface area (Å²) < 4.78 is 0. The Morgan fingerprint density at radius 1 is 0.864 bits per heavy atom. The van der Waals surface area contributed by atoms with Crippen molar-refractivity contribution in [3.63, 3.8) is 0 Å². The third-order valence-electron chi connectivity index (χ3n) is 6.40. The van der Waals surface area contributed by atoms with E-state index in [0.717, 1.165) is 23.7 Å². The number of hydrogen-bond donors (Lipinski definition) is 0. The van der Waals surface area contributed by atoms with Crippen LogP contribution in [0.5, 0.6) is 0 Å². The summed E-state index contributed by atoms with van der Waals surface area (Å²) in [5.74, 6) is 3.88. The molecule has 0 nitrogen and oxygen atoms in total. The van der Waals surface area contributed by atoms with Crippen molar-refractivity contribution in [2.24, 2.45) is 17.8 Å². The molecule has 0 heterocycles. The molecule has 0 spiro atoms. The van der Waals surface area contributed by atoms with Crippen LogP contribution in [0.2, 0.25) is 0 Å². The third-order valence-corrected chi connectivity index (χ3v) is 6.40. The molecule has 3 rings (SSSR count). The Balaban J connectivity index is 0.00000176. The van der Waals surface area contributed by atoms with Gasteiger partial charge in [0, 0.05) is 0 Å². The zero-order chi connectivity index (χ0) is 14.8. The maximum Gasteiger partial charge on any atom is 3.00 e. The normalized spacial score (nSPS) is 32.3. The fourth-order valence-corrected chi connectivity index (χ4v) is 4.62. The zero-order valence-electron chi connectivity index (χ0n) is 14.7. The summed E-state index contributed by atoms with van der Waals surface area (Å²) in [5.41, 5.74) is 4.27. The summed E-state index contributed by atoms with van der Waals surface area (Å²) in [5, 5.41) is 0. The molecule has 0 unspecified atom stereocenters. The first-order valence-corrected chi connectivity index (χ1v) is 9.12. The molecule has 2 aliphatic carbocycles. The molecule has 2 saturated carbocycles. The van der Waals surface area contributed by atoms with Crippen LogP contribution in [0.4, 0.5) is 0 Å². The van der Waals surface area contributed by atoms with Crippen molar-refractivity contribution in [3.8, 4) is 0 Å². The molecule has 0 aromatic heterocycles. The van der Waals surface area contributed by atoms with Crippen molar-refractivity contribution in [2.75, 3.05) is 0 Å². The minimum absolute atomic E-state index is 0. The smallest absolute Gasteiger partial charge is 0.180 e. The van der Waals surface area contributed by atoms with E-state index < -0.39 is 0 Å². The summed E-state index contributed by atoms with van der Waals surface area (Å²) in [6, 6.07) is 8.12. The topological polar surface area (TPSA) is 0 Å². The molecule has 2 aliphatic rings. The molecule has 0 saturated heterocycles. The van der Waals surface area contributed by atoms with Gasteiger partial charge < -0.3 is 0 Å². The van der Waals surface area contributed by atoms with E-state index in [4.69, 9.17) is 0 Å². The van der Waals surface area contributed by atoms with Gasteiger partial charge in [0.1, 0.15) is 0 Å². The molecule has 0 bridgehead atoms. The molecule has 0 N–H and O–H groups in total. The predicted octanol–water partition coefficient (Wildman–Crippen LogP) is 6.20. The van der Waals surface area contributed by atoms with Crippen LogP contribution < -0.4 is 0 Å². The largest absolute Gasteiger partial charge is 3.00 e. The van der Waals surface area contributed by atoms with Gasteiger partial charge in [0.2, 0.25) is 0 Å². The van der Waals surface area contributed by atoms with Gasteiger partial charge in [-0.2, -0.15) is 34.9 Å². The van der Waals surface area contributed by atoms with Crippen LogP contribution >= 0.6 is 0 Å². The third kappa shape index (κ3) is 4.44. The summed E-state index contributed by atoms with van der Waals surface area (Å²) in [7, 11) is 0. The molecule has 0 aliphatic heterocycles. The second kappa shape index (κ2) is 8.43. The molecule has 1 aromatic rings. The maximum absolute atomic E-state index is 3.44. The van der Waals surface area contributed by atoms with Gasteiger partial charge >= 0.3 is 32.7 Å². The van der Waals surface area contributed by atoms with E-state index in [1.54, 1.807) is 5.56 Å². The second-order valence-electron chi connectivity index (χ2n) is 7.87. The van der Waals surface area contributed by atoms with Crippen LogP contribution in [0.15, 0.2) is 12.1 Å². The minimum Gasteiger partial charge on any atom is -0.180 e. The standard InChI is InChI=1S/C21H31.Y/c1-15-4-7-18(8-5-15)19-10-12-20(13-11-19)21-9-6-16(2)17(3)14-21;/h9,14-15,18-20H,4-5,7-8,10-13H2,1-3H3;/q-1;+3. The quantitative estimate of drug-likeness (QED) is 0.542. The van der Waals surface area contributed by atoms with Crippen LogP contribution in [0.1, 0.15) is 80.9 Å². The van der Waals surface area contributed by atoms with E-state index in [0.29, 0.717) is 0 Å². The minimum atomic E-state index is 0. The van der Waals surface area contributed by atoms with Crippen LogP contribution in [0.3, 0.4) is 0 Å². The molecule has 0 atom stereocenters. The average molecular weight is 372 g/mol. The van der Waals surface area contributed by atoms with Crippen LogP contribution in [0, 0.1) is 37.7 Å². The van der Waals surface area contributed by atoms with Gasteiger partial charge in [-0.15, -0.1) is 0 Å². The molecular formula is C21H31Y+2. The second-order valence-corrected chi connectivity index (χ2v) is 7.87. The van der Waals surface area contributed by atoms with Gasteiger partial charge in [0.15, 0.2) is 0 Å². The fraction of sp³-hybridized carbons (Fsp3) is 0.714. The van der Waals surface area contributed by atoms with E-state index in [1.807, 2.05) is 0 Å². The van der Waals surface area contributed by atoms with E-state index in [9.17, 15) is 0 Å². The molecule has 116 valence electrons. The van der Waals surface area contributed by atoms with Gasteiger partial charge in [0.05, 0.1) is 0 Å². The van der Waals surface area contributed by atoms with Crippen molar-refractivity contribution < 1.29 is 32.7 Å². The number of aryl methyl sites for hydroxylation is 2. The van der Waals surface area contributed by atoms with Gasteiger partial charge in [-0.25, -0.2) is 0 Å². The Morgan fingerprint density at radius 3 is 1.95 bits per heavy atom. The van der Waals surface area contributed by atoms with Crippen molar-refractivity contribution >= 4 is 0 Å². The number of hydrogen-bond acceptors (Lipinski definition) is 0. The van der Waals surface area contributed by atoms with Gasteiger partial charge in [-0.1, -0.05) is 65.2 Å². The number of benzene rings is 1. The van der Waals surface area contributed by atoms with Crippen molar-refractivity contribution in [1.82, 2.24) is 0 Å². The maximum atomic E-state index is 3.44. The van der Waals surface area contributed by atoms with E-state index in [1.165, 1.54) is 62.5 Å². The summed E-state index contributed by atoms with van der Waals surface area (Å²) in [4.78, 5) is 0. The first-order valence-electron chi connectivity index (χ1n) is 9.12.